The van der Waals surface area contributed by atoms with Gasteiger partial charge in [0.1, 0.15) is 0 Å². The summed E-state index contributed by atoms with van der Waals surface area (Å²) in [7, 11) is -4.19. The molecule has 0 spiro atoms. The molecule has 0 aliphatic carbocycles. The van der Waals surface area contributed by atoms with E-state index in [2.05, 4.69) is 5.32 Å². The van der Waals surface area contributed by atoms with Gasteiger partial charge in [-0.15, -0.1) is 0 Å². The zero-order chi connectivity index (χ0) is 22.5. The second-order valence-electron chi connectivity index (χ2n) is 8.82. The summed E-state index contributed by atoms with van der Waals surface area (Å²) in [5, 5.41) is 2.59. The van der Waals surface area contributed by atoms with Gasteiger partial charge in [0, 0.05) is 0 Å². The maximum absolute atomic E-state index is 12.5. The molecule has 1 amide bonds. The minimum absolute atomic E-state index is 0.00355. The van der Waals surface area contributed by atoms with Crippen molar-refractivity contribution in [1.82, 2.24) is 5.32 Å². The predicted molar refractivity (Wildman–Crippen MR) is 105 cm³/mol. The molecule has 2 N–H and O–H groups in total. The third-order valence-corrected chi connectivity index (χ3v) is 5.41. The van der Waals surface area contributed by atoms with E-state index in [0.29, 0.717) is 0 Å². The summed E-state index contributed by atoms with van der Waals surface area (Å²) in [6, 6.07) is 0. The first kappa shape index (κ1) is 25.7. The van der Waals surface area contributed by atoms with Gasteiger partial charge >= 0.3 is 172 Å². The topological polar surface area (TPSA) is 130 Å². The zero-order valence-electron chi connectivity index (χ0n) is 18.2. The van der Waals surface area contributed by atoms with Crippen LogP contribution in [0.5, 0.6) is 0 Å². The van der Waals surface area contributed by atoms with E-state index in [0.717, 1.165) is 0 Å². The Balaban J connectivity index is 2.60. The van der Waals surface area contributed by atoms with Crippen LogP contribution < -0.4 is 5.32 Å². The molecule has 1 aliphatic heterocycles. The van der Waals surface area contributed by atoms with Gasteiger partial charge in [-0.1, -0.05) is 0 Å². The number of carbonyl (C=O) groups excluding carboxylic acids is 3. The predicted octanol–water partition coefficient (Wildman–Crippen LogP) is 1.85. The Bertz CT molecular complexity index is 603. The van der Waals surface area contributed by atoms with E-state index in [1.165, 1.54) is 0 Å². The van der Waals surface area contributed by atoms with E-state index < -0.39 is 49.7 Å². The summed E-state index contributed by atoms with van der Waals surface area (Å²) in [4.78, 5) is 46.4. The van der Waals surface area contributed by atoms with Crippen molar-refractivity contribution in [3.63, 3.8) is 0 Å². The fourth-order valence-electron chi connectivity index (χ4n) is 2.26. The van der Waals surface area contributed by atoms with E-state index in [-0.39, 0.29) is 25.7 Å². The van der Waals surface area contributed by atoms with Crippen LogP contribution >= 0.6 is 8.17 Å². The van der Waals surface area contributed by atoms with Crippen molar-refractivity contribution in [1.29, 1.82) is 0 Å². The standard InChI is InChI=1S/C18H34NO9P/c1-12(2)27-13(20)8-9-19-15(21)14-18(6,7)10-25-29(23,28-14)26-11-24-16(22)17(3,4)5/h12,14,23,29H,8-11H2,1-7H3,(H,19,21)/t14-/m0/s1. The minimum atomic E-state index is -4.19. The van der Waals surface area contributed by atoms with Crippen LogP contribution in [0.25, 0.3) is 0 Å². The first-order valence-corrected chi connectivity index (χ1v) is 11.2. The molecule has 0 unspecified atom stereocenters. The zero-order valence-corrected chi connectivity index (χ0v) is 19.2. The van der Waals surface area contributed by atoms with Gasteiger partial charge in [0.25, 0.3) is 0 Å². The number of hydrogen-bond donors (Lipinski definition) is 2. The van der Waals surface area contributed by atoms with Gasteiger partial charge < -0.3 is 0 Å². The first-order chi connectivity index (χ1) is 13.2. The number of carbonyl (C=O) groups is 3. The Labute approximate surface area is 172 Å². The Kier molecular flexibility index (Phi) is 8.98. The monoisotopic (exact) mass is 439 g/mol. The summed E-state index contributed by atoms with van der Waals surface area (Å²) in [5.41, 5.74) is -1.49. The van der Waals surface area contributed by atoms with Crippen LogP contribution in [-0.4, -0.2) is 54.9 Å². The van der Waals surface area contributed by atoms with Crippen molar-refractivity contribution >= 4 is 26.0 Å². The Morgan fingerprint density at radius 2 is 1.90 bits per heavy atom. The fourth-order valence-corrected chi connectivity index (χ4v) is 3.96. The van der Waals surface area contributed by atoms with Gasteiger partial charge in [0.15, 0.2) is 0 Å². The van der Waals surface area contributed by atoms with Crippen molar-refractivity contribution in [2.45, 2.75) is 67.1 Å². The number of nitrogens with one attached hydrogen (secondary N) is 1. The fraction of sp³-hybridized carbons (Fsp3) is 0.833. The summed E-state index contributed by atoms with van der Waals surface area (Å²) < 4.78 is 25.9. The van der Waals surface area contributed by atoms with E-state index in [1.54, 1.807) is 48.5 Å². The first-order valence-electron chi connectivity index (χ1n) is 9.49. The molecule has 11 heteroatoms. The second-order valence-corrected chi connectivity index (χ2v) is 10.7. The van der Waals surface area contributed by atoms with Crippen molar-refractivity contribution in [2.75, 3.05) is 19.9 Å². The second kappa shape index (κ2) is 10.1. The molecule has 29 heavy (non-hydrogen) atoms. The molecule has 0 radical (unpaired) electrons. The Morgan fingerprint density at radius 1 is 1.28 bits per heavy atom. The van der Waals surface area contributed by atoms with Gasteiger partial charge in [-0.25, -0.2) is 0 Å². The Hall–Kier alpha value is -1.32. The number of amides is 1. The van der Waals surface area contributed by atoms with Gasteiger partial charge in [-0.2, -0.15) is 0 Å². The molecule has 0 saturated carbocycles. The molecule has 170 valence electrons. The van der Waals surface area contributed by atoms with Crippen molar-refractivity contribution in [3.05, 3.63) is 0 Å². The average molecular weight is 439 g/mol. The summed E-state index contributed by atoms with van der Waals surface area (Å²) in [6.07, 6.45) is -1.30. The number of esters is 2. The summed E-state index contributed by atoms with van der Waals surface area (Å²) >= 11 is 0. The van der Waals surface area contributed by atoms with Gasteiger partial charge in [0.05, 0.1) is 0 Å². The van der Waals surface area contributed by atoms with Crippen LogP contribution in [0.1, 0.15) is 54.9 Å². The third kappa shape index (κ3) is 8.52. The number of hydrogen-bond acceptors (Lipinski definition) is 9. The van der Waals surface area contributed by atoms with Crippen molar-refractivity contribution in [3.8, 4) is 0 Å². The molecule has 1 fully saturated rings. The van der Waals surface area contributed by atoms with Crippen molar-refractivity contribution < 1.29 is 42.3 Å². The molecule has 1 saturated heterocycles. The molecular formula is C18H34NO9P. The van der Waals surface area contributed by atoms with E-state index in [1.807, 2.05) is 0 Å². The van der Waals surface area contributed by atoms with Gasteiger partial charge in [-0.3, -0.25) is 0 Å². The molecule has 10 nitrogen and oxygen atoms in total. The normalized spacial score (nSPS) is 21.9. The van der Waals surface area contributed by atoms with Crippen LogP contribution in [0, 0.1) is 10.8 Å². The average Bonchev–Trinajstić information content (AvgIpc) is 2.55. The molecule has 0 aromatic rings. The summed E-state index contributed by atoms with van der Waals surface area (Å²) in [5.74, 6) is -1.46. The SMILES string of the molecule is CC(C)OC(=O)CCNC(=O)[C@@H]1O[PH](O)(OCOC(=O)C(C)(C)C)OCC1(C)C. The van der Waals surface area contributed by atoms with Crippen LogP contribution in [0.15, 0.2) is 0 Å². The molecule has 0 aromatic carbocycles. The summed E-state index contributed by atoms with van der Waals surface area (Å²) in [6.45, 7) is 11.5. The molecule has 1 atom stereocenters. The van der Waals surface area contributed by atoms with Gasteiger partial charge in [-0.05, 0) is 0 Å². The maximum atomic E-state index is 12.5. The molecular weight excluding hydrogens is 405 g/mol. The Morgan fingerprint density at radius 3 is 2.45 bits per heavy atom. The van der Waals surface area contributed by atoms with Gasteiger partial charge in [0.2, 0.25) is 0 Å². The molecule has 1 heterocycles. The van der Waals surface area contributed by atoms with Crippen LogP contribution in [0.3, 0.4) is 0 Å². The van der Waals surface area contributed by atoms with E-state index in [9.17, 15) is 19.3 Å². The molecule has 1 aliphatic rings. The molecule has 0 bridgehead atoms. The third-order valence-electron chi connectivity index (χ3n) is 3.88. The van der Waals surface area contributed by atoms with E-state index in [4.69, 9.17) is 23.0 Å². The van der Waals surface area contributed by atoms with E-state index >= 15 is 0 Å². The van der Waals surface area contributed by atoms with Crippen molar-refractivity contribution in [2.24, 2.45) is 10.8 Å². The number of rotatable bonds is 8. The van der Waals surface area contributed by atoms with Crippen LogP contribution in [-0.2, 0) is 37.4 Å². The molecule has 1 rings (SSSR count). The molecule has 0 aromatic heterocycles. The quantitative estimate of drug-likeness (QED) is 0.331. The van der Waals surface area contributed by atoms with Crippen LogP contribution in [0.2, 0.25) is 0 Å². The van der Waals surface area contributed by atoms with Crippen LogP contribution in [0.4, 0.5) is 0 Å². The number of ether oxygens (including phenoxy) is 2.